The molecule has 2 amide bonds. The molecule has 0 spiro atoms. The zero-order chi connectivity index (χ0) is 19.4. The van der Waals surface area contributed by atoms with Crippen LogP contribution in [0.15, 0.2) is 12.1 Å². The molecule has 0 aromatic heterocycles. The van der Waals surface area contributed by atoms with Gasteiger partial charge in [0.2, 0.25) is 5.91 Å². The molecule has 6 nitrogen and oxygen atoms in total. The van der Waals surface area contributed by atoms with Gasteiger partial charge in [-0.1, -0.05) is 30.1 Å². The molecular formula is C19H24Cl2N2O4. The molecule has 0 saturated carbocycles. The molecule has 1 aromatic rings. The molecule has 8 heteroatoms. The van der Waals surface area contributed by atoms with E-state index in [1.807, 2.05) is 6.92 Å². The molecule has 2 aliphatic rings. The van der Waals surface area contributed by atoms with Crippen molar-refractivity contribution in [3.63, 3.8) is 0 Å². The Balaban J connectivity index is 1.81. The third-order valence-corrected chi connectivity index (χ3v) is 5.32. The van der Waals surface area contributed by atoms with Crippen LogP contribution in [0.2, 0.25) is 10.0 Å². The molecule has 27 heavy (non-hydrogen) atoms. The van der Waals surface area contributed by atoms with Crippen LogP contribution in [-0.2, 0) is 14.3 Å². The van der Waals surface area contributed by atoms with Crippen molar-refractivity contribution >= 4 is 40.7 Å². The summed E-state index contributed by atoms with van der Waals surface area (Å²) < 4.78 is 11.2. The molecule has 0 aliphatic carbocycles. The van der Waals surface area contributed by atoms with Crippen LogP contribution in [0.25, 0.3) is 0 Å². The summed E-state index contributed by atoms with van der Waals surface area (Å²) in [7, 11) is 0. The Hall–Kier alpha value is -1.34. The van der Waals surface area contributed by atoms with E-state index in [1.165, 1.54) is 6.07 Å². The predicted octanol–water partition coefficient (Wildman–Crippen LogP) is 3.96. The summed E-state index contributed by atoms with van der Waals surface area (Å²) in [4.78, 5) is 27.0. The van der Waals surface area contributed by atoms with Gasteiger partial charge in [-0.15, -0.1) is 0 Å². The van der Waals surface area contributed by atoms with Gasteiger partial charge < -0.3 is 19.7 Å². The quantitative estimate of drug-likeness (QED) is 0.791. The van der Waals surface area contributed by atoms with E-state index in [4.69, 9.17) is 32.7 Å². The third-order valence-electron chi connectivity index (χ3n) is 4.80. The standard InChI is InChI=1S/C19H24Cl2N2O4/c1-2-4-16(24)22-17-14(9-13(20)10-15(17)21)18(25)23-6-3-5-12(11-23)19-26-7-8-27-19/h9-10,12,19H,2-8,11H2,1H3,(H,22,24). The van der Waals surface area contributed by atoms with Crippen LogP contribution >= 0.6 is 23.2 Å². The maximum Gasteiger partial charge on any atom is 0.256 e. The topological polar surface area (TPSA) is 67.9 Å². The average molecular weight is 415 g/mol. The van der Waals surface area contributed by atoms with Gasteiger partial charge in [0.05, 0.1) is 29.5 Å². The highest BCUT2D eigenvalue weighted by Crippen LogP contribution is 2.33. The lowest BCUT2D eigenvalue weighted by Crippen LogP contribution is -2.44. The first-order chi connectivity index (χ1) is 13.0. The maximum atomic E-state index is 13.2. The molecule has 1 atom stereocenters. The van der Waals surface area contributed by atoms with Crippen LogP contribution < -0.4 is 5.32 Å². The number of benzene rings is 1. The number of anilines is 1. The first kappa shape index (κ1) is 20.4. The Morgan fingerprint density at radius 3 is 2.70 bits per heavy atom. The second-order valence-electron chi connectivity index (χ2n) is 6.87. The molecule has 1 N–H and O–H groups in total. The van der Waals surface area contributed by atoms with Gasteiger partial charge in [0, 0.05) is 30.5 Å². The van der Waals surface area contributed by atoms with Crippen LogP contribution in [0.5, 0.6) is 0 Å². The lowest BCUT2D eigenvalue weighted by molar-refractivity contribution is -0.116. The van der Waals surface area contributed by atoms with E-state index in [0.29, 0.717) is 55.4 Å². The van der Waals surface area contributed by atoms with E-state index in [0.717, 1.165) is 12.8 Å². The van der Waals surface area contributed by atoms with E-state index in [-0.39, 0.29) is 29.0 Å². The molecule has 1 aromatic carbocycles. The monoisotopic (exact) mass is 414 g/mol. The highest BCUT2D eigenvalue weighted by Gasteiger charge is 2.34. The van der Waals surface area contributed by atoms with Crippen LogP contribution in [0.1, 0.15) is 43.0 Å². The van der Waals surface area contributed by atoms with Crippen molar-refractivity contribution < 1.29 is 19.1 Å². The van der Waals surface area contributed by atoms with Gasteiger partial charge in [0.25, 0.3) is 5.91 Å². The number of hydrogen-bond acceptors (Lipinski definition) is 4. The first-order valence-electron chi connectivity index (χ1n) is 9.31. The Morgan fingerprint density at radius 2 is 2.00 bits per heavy atom. The lowest BCUT2D eigenvalue weighted by Gasteiger charge is -2.35. The van der Waals surface area contributed by atoms with Crippen molar-refractivity contribution in [2.45, 2.75) is 38.9 Å². The number of likely N-dealkylation sites (tertiary alicyclic amines) is 1. The van der Waals surface area contributed by atoms with E-state index in [9.17, 15) is 9.59 Å². The second-order valence-corrected chi connectivity index (χ2v) is 7.72. The highest BCUT2D eigenvalue weighted by atomic mass is 35.5. The largest absolute Gasteiger partial charge is 0.350 e. The molecule has 148 valence electrons. The normalized spacial score (nSPS) is 20.7. The zero-order valence-corrected chi connectivity index (χ0v) is 16.8. The molecule has 1 unspecified atom stereocenters. The number of halogens is 2. The molecule has 0 radical (unpaired) electrons. The van der Waals surface area contributed by atoms with Crippen molar-refractivity contribution in [1.29, 1.82) is 0 Å². The smallest absolute Gasteiger partial charge is 0.256 e. The number of rotatable bonds is 5. The predicted molar refractivity (Wildman–Crippen MR) is 104 cm³/mol. The fourth-order valence-electron chi connectivity index (χ4n) is 3.53. The minimum Gasteiger partial charge on any atom is -0.350 e. The van der Waals surface area contributed by atoms with Gasteiger partial charge >= 0.3 is 0 Å². The SMILES string of the molecule is CCCC(=O)Nc1c(Cl)cc(Cl)cc1C(=O)N1CCCC(C2OCCO2)C1. The Bertz CT molecular complexity index is 707. The van der Waals surface area contributed by atoms with Crippen LogP contribution in [-0.4, -0.2) is 49.3 Å². The second kappa shape index (κ2) is 9.24. The van der Waals surface area contributed by atoms with Crippen molar-refractivity contribution in [3.8, 4) is 0 Å². The van der Waals surface area contributed by atoms with E-state index < -0.39 is 0 Å². The van der Waals surface area contributed by atoms with Crippen LogP contribution in [0.4, 0.5) is 5.69 Å². The lowest BCUT2D eigenvalue weighted by atomic mass is 9.96. The molecule has 0 bridgehead atoms. The summed E-state index contributed by atoms with van der Waals surface area (Å²) in [5, 5.41) is 3.38. The van der Waals surface area contributed by atoms with Crippen molar-refractivity contribution in [1.82, 2.24) is 4.90 Å². The van der Waals surface area contributed by atoms with Crippen LogP contribution in [0.3, 0.4) is 0 Å². The summed E-state index contributed by atoms with van der Waals surface area (Å²) in [5.74, 6) is -0.244. The Morgan fingerprint density at radius 1 is 1.26 bits per heavy atom. The third kappa shape index (κ3) is 4.93. The summed E-state index contributed by atoms with van der Waals surface area (Å²) in [5.41, 5.74) is 0.630. The van der Waals surface area contributed by atoms with Gasteiger partial charge in [0.15, 0.2) is 6.29 Å². The first-order valence-corrected chi connectivity index (χ1v) is 10.1. The van der Waals surface area contributed by atoms with Gasteiger partial charge in [-0.05, 0) is 31.4 Å². The number of carbonyl (C=O) groups is 2. The Labute approximate surface area is 169 Å². The Kier molecular flexibility index (Phi) is 6.98. The number of ether oxygens (including phenoxy) is 2. The molecular weight excluding hydrogens is 391 g/mol. The number of piperidine rings is 1. The molecule has 2 aliphatic heterocycles. The summed E-state index contributed by atoms with van der Waals surface area (Å²) in [6, 6.07) is 3.09. The van der Waals surface area contributed by atoms with E-state index >= 15 is 0 Å². The van der Waals surface area contributed by atoms with E-state index in [2.05, 4.69) is 5.32 Å². The molecule has 2 heterocycles. The van der Waals surface area contributed by atoms with Gasteiger partial charge in [0.1, 0.15) is 0 Å². The fourth-order valence-corrected chi connectivity index (χ4v) is 4.07. The number of carbonyl (C=O) groups excluding carboxylic acids is 2. The molecule has 2 saturated heterocycles. The van der Waals surface area contributed by atoms with Crippen molar-refractivity contribution in [2.24, 2.45) is 5.92 Å². The minimum atomic E-state index is -0.257. The summed E-state index contributed by atoms with van der Waals surface area (Å²) in [6.07, 6.45) is 2.62. The number of amides is 2. The number of hydrogen-bond donors (Lipinski definition) is 1. The highest BCUT2D eigenvalue weighted by molar-refractivity contribution is 6.38. The number of nitrogens with zero attached hydrogens (tertiary/aromatic N) is 1. The average Bonchev–Trinajstić information content (AvgIpc) is 3.18. The van der Waals surface area contributed by atoms with Crippen molar-refractivity contribution in [3.05, 3.63) is 27.7 Å². The molecule has 2 fully saturated rings. The fraction of sp³-hybridized carbons (Fsp3) is 0.579. The van der Waals surface area contributed by atoms with E-state index in [1.54, 1.807) is 11.0 Å². The summed E-state index contributed by atoms with van der Waals surface area (Å²) in [6.45, 7) is 4.26. The summed E-state index contributed by atoms with van der Waals surface area (Å²) >= 11 is 12.4. The zero-order valence-electron chi connectivity index (χ0n) is 15.3. The maximum absolute atomic E-state index is 13.2. The van der Waals surface area contributed by atoms with Crippen LogP contribution in [0, 0.1) is 5.92 Å². The van der Waals surface area contributed by atoms with Gasteiger partial charge in [-0.2, -0.15) is 0 Å². The van der Waals surface area contributed by atoms with Gasteiger partial charge in [-0.3, -0.25) is 9.59 Å². The van der Waals surface area contributed by atoms with Gasteiger partial charge in [-0.25, -0.2) is 0 Å². The molecule has 3 rings (SSSR count). The number of nitrogens with one attached hydrogen (secondary N) is 1. The van der Waals surface area contributed by atoms with Crippen molar-refractivity contribution in [2.75, 3.05) is 31.6 Å². The minimum absolute atomic E-state index is 0.137.